The summed E-state index contributed by atoms with van der Waals surface area (Å²) in [4.78, 5) is 22.9. The highest BCUT2D eigenvalue weighted by atomic mass is 16.6. The number of nitrogens with one attached hydrogen (secondary N) is 1. The predicted octanol–water partition coefficient (Wildman–Crippen LogP) is -1.16. The van der Waals surface area contributed by atoms with Crippen LogP contribution < -0.4 is 5.56 Å². The van der Waals surface area contributed by atoms with Gasteiger partial charge in [-0.3, -0.25) is 9.36 Å². The van der Waals surface area contributed by atoms with E-state index < -0.39 is 24.0 Å². The van der Waals surface area contributed by atoms with Crippen molar-refractivity contribution in [3.63, 3.8) is 0 Å². The van der Waals surface area contributed by atoms with E-state index in [1.54, 1.807) is 11.5 Å². The van der Waals surface area contributed by atoms with E-state index >= 15 is 0 Å². The van der Waals surface area contributed by atoms with Crippen molar-refractivity contribution in [2.75, 3.05) is 13.2 Å². The van der Waals surface area contributed by atoms with Gasteiger partial charge in [-0.05, 0) is 6.92 Å². The maximum Gasteiger partial charge on any atom is 0.279 e. The average Bonchev–Trinajstić information content (AvgIpc) is 2.96. The lowest BCUT2D eigenvalue weighted by Gasteiger charge is -2.44. The zero-order valence-electron chi connectivity index (χ0n) is 11.9. The smallest absolute Gasteiger partial charge is 0.279 e. The van der Waals surface area contributed by atoms with Crippen molar-refractivity contribution in [3.05, 3.63) is 22.5 Å². The van der Waals surface area contributed by atoms with Gasteiger partial charge in [0.2, 0.25) is 0 Å². The van der Waals surface area contributed by atoms with E-state index in [0.717, 1.165) is 0 Å². The van der Waals surface area contributed by atoms with Crippen LogP contribution in [0.2, 0.25) is 0 Å². The number of imidazole rings is 1. The first-order chi connectivity index (χ1) is 10.6. The molecule has 9 nitrogen and oxygen atoms in total. The molecule has 2 aliphatic heterocycles. The molecule has 2 saturated heterocycles. The van der Waals surface area contributed by atoms with Gasteiger partial charge >= 0.3 is 0 Å². The molecule has 2 aromatic rings. The second-order valence-corrected chi connectivity index (χ2v) is 5.68. The Balaban J connectivity index is 1.86. The summed E-state index contributed by atoms with van der Waals surface area (Å²) >= 11 is 0. The Labute approximate surface area is 124 Å². The van der Waals surface area contributed by atoms with Gasteiger partial charge in [0.05, 0.1) is 19.5 Å². The fraction of sp³-hybridized carbons (Fsp3) is 0.615. The van der Waals surface area contributed by atoms with Crippen LogP contribution in [0.4, 0.5) is 0 Å². The molecule has 118 valence electrons. The average molecular weight is 308 g/mol. The first-order valence-corrected chi connectivity index (χ1v) is 7.08. The molecular formula is C13H16N4O5. The van der Waals surface area contributed by atoms with Gasteiger partial charge in [0.15, 0.2) is 17.4 Å². The van der Waals surface area contributed by atoms with Gasteiger partial charge < -0.3 is 24.7 Å². The lowest BCUT2D eigenvalue weighted by Crippen LogP contribution is -2.56. The fourth-order valence-electron chi connectivity index (χ4n) is 3.23. The Kier molecular flexibility index (Phi) is 2.89. The van der Waals surface area contributed by atoms with Crippen LogP contribution in [0.5, 0.6) is 0 Å². The third-order valence-electron chi connectivity index (χ3n) is 4.42. The molecule has 0 bridgehead atoms. The number of aliphatic hydroxyl groups is 2. The zero-order chi connectivity index (χ0) is 15.5. The van der Waals surface area contributed by atoms with E-state index in [0.29, 0.717) is 24.5 Å². The number of fused-ring (bicyclic) bond motifs is 1. The van der Waals surface area contributed by atoms with Crippen molar-refractivity contribution in [3.8, 4) is 0 Å². The molecule has 2 fully saturated rings. The maximum atomic E-state index is 11.9. The minimum Gasteiger partial charge on any atom is -0.394 e. The van der Waals surface area contributed by atoms with Gasteiger partial charge in [0.1, 0.15) is 23.6 Å². The predicted molar refractivity (Wildman–Crippen MR) is 73.2 cm³/mol. The van der Waals surface area contributed by atoms with Crippen LogP contribution >= 0.6 is 0 Å². The summed E-state index contributed by atoms with van der Waals surface area (Å²) in [7, 11) is 0. The molecule has 2 aromatic heterocycles. The number of nitrogens with zero attached hydrogens (tertiary/aromatic N) is 3. The lowest BCUT2D eigenvalue weighted by molar-refractivity contribution is -0.225. The number of aryl methyl sites for hydroxylation is 1. The molecule has 22 heavy (non-hydrogen) atoms. The molecule has 9 heteroatoms. The number of rotatable bonds is 2. The number of hydrogen-bond donors (Lipinski definition) is 3. The summed E-state index contributed by atoms with van der Waals surface area (Å²) in [5.74, 6) is 0.458. The van der Waals surface area contributed by atoms with Gasteiger partial charge in [-0.1, -0.05) is 0 Å². The molecule has 0 aromatic carbocycles. The van der Waals surface area contributed by atoms with E-state index in [4.69, 9.17) is 9.47 Å². The van der Waals surface area contributed by atoms with E-state index in [1.165, 1.54) is 6.33 Å². The Bertz CT molecular complexity index is 780. The molecule has 4 rings (SSSR count). The number of ether oxygens (including phenoxy) is 2. The molecule has 3 N–H and O–H groups in total. The SMILES string of the molecule is Cc1nc2c(ncn2C2OC(CO)[C@@H](O)[C@]23CCO3)c(=O)[nH]1. The minimum absolute atomic E-state index is 0.200. The van der Waals surface area contributed by atoms with Gasteiger partial charge in [-0.15, -0.1) is 0 Å². The maximum absolute atomic E-state index is 11.9. The molecule has 2 aliphatic rings. The second-order valence-electron chi connectivity index (χ2n) is 5.68. The van der Waals surface area contributed by atoms with Crippen molar-refractivity contribution in [1.29, 1.82) is 0 Å². The van der Waals surface area contributed by atoms with Crippen molar-refractivity contribution < 1.29 is 19.7 Å². The van der Waals surface area contributed by atoms with Crippen LogP contribution in [0.1, 0.15) is 18.5 Å². The van der Waals surface area contributed by atoms with Crippen LogP contribution in [0.15, 0.2) is 11.1 Å². The standard InChI is InChI=1S/C13H16N4O5/c1-6-15-10-8(11(20)16-6)14-5-17(10)12-13(2-3-21-13)9(19)7(4-18)22-12/h5,7,9,12,18-19H,2-4H2,1H3,(H,15,16,20)/t7?,9-,12?,13-/m1/s1. The van der Waals surface area contributed by atoms with Crippen LogP contribution in [-0.2, 0) is 9.47 Å². The lowest BCUT2D eigenvalue weighted by atomic mass is 9.86. The van der Waals surface area contributed by atoms with Gasteiger partial charge in [0, 0.05) is 6.42 Å². The van der Waals surface area contributed by atoms with Crippen molar-refractivity contribution in [2.24, 2.45) is 0 Å². The van der Waals surface area contributed by atoms with E-state index in [-0.39, 0.29) is 17.7 Å². The highest BCUT2D eigenvalue weighted by molar-refractivity contribution is 5.69. The van der Waals surface area contributed by atoms with Crippen LogP contribution in [0.3, 0.4) is 0 Å². The first kappa shape index (κ1) is 13.8. The summed E-state index contributed by atoms with van der Waals surface area (Å²) < 4.78 is 13.0. The number of hydrogen-bond acceptors (Lipinski definition) is 7. The first-order valence-electron chi connectivity index (χ1n) is 7.08. The molecular weight excluding hydrogens is 292 g/mol. The monoisotopic (exact) mass is 308 g/mol. The molecule has 0 saturated carbocycles. The summed E-state index contributed by atoms with van der Waals surface area (Å²) in [5, 5.41) is 19.7. The molecule has 0 aliphatic carbocycles. The van der Waals surface area contributed by atoms with Crippen molar-refractivity contribution in [1.82, 2.24) is 19.5 Å². The molecule has 1 spiro atoms. The Morgan fingerprint density at radius 1 is 1.59 bits per heavy atom. The number of aromatic nitrogens is 4. The highest BCUT2D eigenvalue weighted by Crippen LogP contribution is 2.48. The van der Waals surface area contributed by atoms with E-state index in [2.05, 4.69) is 15.0 Å². The Hall–Kier alpha value is -1.81. The second kappa shape index (κ2) is 4.59. The Morgan fingerprint density at radius 2 is 2.36 bits per heavy atom. The normalized spacial score (nSPS) is 34.4. The molecule has 2 unspecified atom stereocenters. The molecule has 4 heterocycles. The van der Waals surface area contributed by atoms with Gasteiger partial charge in [0.25, 0.3) is 5.56 Å². The molecule has 0 amide bonds. The Morgan fingerprint density at radius 3 is 3.00 bits per heavy atom. The third kappa shape index (κ3) is 1.64. The zero-order valence-corrected chi connectivity index (χ0v) is 11.9. The summed E-state index contributed by atoms with van der Waals surface area (Å²) in [6, 6.07) is 0. The molecule has 0 radical (unpaired) electrons. The third-order valence-corrected chi connectivity index (χ3v) is 4.42. The van der Waals surface area contributed by atoms with E-state index in [9.17, 15) is 15.0 Å². The number of H-pyrrole nitrogens is 1. The van der Waals surface area contributed by atoms with E-state index in [1.807, 2.05) is 0 Å². The summed E-state index contributed by atoms with van der Waals surface area (Å²) in [6.07, 6.45) is -0.334. The van der Waals surface area contributed by atoms with Crippen molar-refractivity contribution >= 4 is 11.2 Å². The van der Waals surface area contributed by atoms with Gasteiger partial charge in [-0.2, -0.15) is 0 Å². The van der Waals surface area contributed by atoms with Crippen LogP contribution in [0.25, 0.3) is 11.2 Å². The highest BCUT2D eigenvalue weighted by Gasteiger charge is 2.61. The topological polar surface area (TPSA) is 122 Å². The number of aromatic amines is 1. The van der Waals surface area contributed by atoms with Crippen LogP contribution in [-0.4, -0.2) is 60.8 Å². The quantitative estimate of drug-likeness (QED) is 0.639. The number of aliphatic hydroxyl groups excluding tert-OH is 2. The van der Waals surface area contributed by atoms with Gasteiger partial charge in [-0.25, -0.2) is 9.97 Å². The summed E-state index contributed by atoms with van der Waals surface area (Å²) in [6.45, 7) is 1.87. The summed E-state index contributed by atoms with van der Waals surface area (Å²) in [5.41, 5.74) is -0.696. The fourth-order valence-corrected chi connectivity index (χ4v) is 3.23. The van der Waals surface area contributed by atoms with Crippen LogP contribution in [0, 0.1) is 6.92 Å². The molecule has 4 atom stereocenters. The largest absolute Gasteiger partial charge is 0.394 e. The minimum atomic E-state index is -0.947. The van der Waals surface area contributed by atoms with Crippen molar-refractivity contribution in [2.45, 2.75) is 37.4 Å².